The molecule has 0 aliphatic heterocycles. The van der Waals surface area contributed by atoms with E-state index in [1.54, 1.807) is 0 Å². The number of hydrogen-bond donors (Lipinski definition) is 2. The highest BCUT2D eigenvalue weighted by molar-refractivity contribution is 6.38. The van der Waals surface area contributed by atoms with Crippen LogP contribution in [-0.4, -0.2) is 31.1 Å². The van der Waals surface area contributed by atoms with Gasteiger partial charge in [0.1, 0.15) is 17.8 Å². The van der Waals surface area contributed by atoms with E-state index >= 15 is 0 Å². The molecule has 0 aromatic carbocycles. The number of hydrogen-bond acceptors (Lipinski definition) is 5. The molecule has 0 fully saturated rings. The third-order valence-electron chi connectivity index (χ3n) is 2.06. The van der Waals surface area contributed by atoms with Crippen LogP contribution in [0.2, 0.25) is 10.3 Å². The van der Waals surface area contributed by atoms with E-state index < -0.39 is 5.91 Å². The van der Waals surface area contributed by atoms with Gasteiger partial charge in [-0.05, 0) is 0 Å². The van der Waals surface area contributed by atoms with E-state index in [2.05, 4.69) is 30.5 Å². The average molecular weight is 287 g/mol. The Morgan fingerprint density at radius 1 is 1.39 bits per heavy atom. The van der Waals surface area contributed by atoms with Gasteiger partial charge >= 0.3 is 0 Å². The third-order valence-corrected chi connectivity index (χ3v) is 2.64. The zero-order valence-corrected chi connectivity index (χ0v) is 10.7. The molecule has 2 heterocycles. The quantitative estimate of drug-likeness (QED) is 0.838. The maximum absolute atomic E-state index is 11.8. The Morgan fingerprint density at radius 2 is 2.06 bits per heavy atom. The number of aromatic nitrogens is 5. The lowest BCUT2D eigenvalue weighted by Crippen LogP contribution is -2.15. The van der Waals surface area contributed by atoms with Gasteiger partial charge in [-0.3, -0.25) is 9.89 Å². The van der Waals surface area contributed by atoms with E-state index in [0.29, 0.717) is 12.2 Å². The number of rotatable bonds is 3. The molecular weight excluding hydrogens is 279 g/mol. The van der Waals surface area contributed by atoms with Gasteiger partial charge < -0.3 is 5.32 Å². The van der Waals surface area contributed by atoms with Crippen LogP contribution in [0, 0.1) is 0 Å². The van der Waals surface area contributed by atoms with Gasteiger partial charge in [-0.1, -0.05) is 30.1 Å². The van der Waals surface area contributed by atoms with Crippen LogP contribution in [0.15, 0.2) is 6.33 Å². The van der Waals surface area contributed by atoms with Crippen LogP contribution in [-0.2, 0) is 6.42 Å². The fourth-order valence-corrected chi connectivity index (χ4v) is 1.58. The number of carbonyl (C=O) groups excluding carboxylic acids is 1. The van der Waals surface area contributed by atoms with Crippen LogP contribution in [0.5, 0.6) is 0 Å². The first kappa shape index (κ1) is 12.7. The summed E-state index contributed by atoms with van der Waals surface area (Å²) in [5.41, 5.74) is 0.133. The van der Waals surface area contributed by atoms with E-state index in [0.717, 1.165) is 0 Å². The summed E-state index contributed by atoms with van der Waals surface area (Å²) in [6, 6.07) is 0. The zero-order valence-electron chi connectivity index (χ0n) is 9.24. The fraction of sp³-hybridized carbons (Fsp3) is 0.222. The first-order valence-electron chi connectivity index (χ1n) is 5.00. The first-order chi connectivity index (χ1) is 8.61. The Bertz CT molecular complexity index is 564. The fourth-order valence-electron chi connectivity index (χ4n) is 1.17. The number of carbonyl (C=O) groups is 1. The summed E-state index contributed by atoms with van der Waals surface area (Å²) in [7, 11) is 0. The van der Waals surface area contributed by atoms with Crippen LogP contribution < -0.4 is 5.32 Å². The zero-order chi connectivity index (χ0) is 13.1. The molecule has 0 saturated heterocycles. The van der Waals surface area contributed by atoms with Crippen molar-refractivity contribution in [1.82, 2.24) is 25.1 Å². The summed E-state index contributed by atoms with van der Waals surface area (Å²) in [6.45, 7) is 1.89. The van der Waals surface area contributed by atoms with Gasteiger partial charge in [0, 0.05) is 6.42 Å². The van der Waals surface area contributed by atoms with Gasteiger partial charge in [-0.25, -0.2) is 15.0 Å². The Hall–Kier alpha value is -1.73. The number of halogens is 2. The number of aromatic amines is 1. The maximum atomic E-state index is 11.8. The maximum Gasteiger partial charge on any atom is 0.295 e. The number of anilines is 1. The minimum atomic E-state index is -0.537. The minimum Gasteiger partial charge on any atom is -0.314 e. The van der Waals surface area contributed by atoms with Crippen LogP contribution in [0.1, 0.15) is 23.4 Å². The van der Waals surface area contributed by atoms with E-state index in [4.69, 9.17) is 23.2 Å². The van der Waals surface area contributed by atoms with Crippen molar-refractivity contribution in [2.45, 2.75) is 13.3 Å². The van der Waals surface area contributed by atoms with Crippen molar-refractivity contribution in [2.24, 2.45) is 0 Å². The molecule has 0 atom stereocenters. The molecule has 2 aromatic rings. The van der Waals surface area contributed by atoms with Gasteiger partial charge in [0.05, 0.1) is 0 Å². The molecule has 0 radical (unpaired) electrons. The molecule has 0 aliphatic carbocycles. The second-order valence-electron chi connectivity index (χ2n) is 3.24. The Kier molecular flexibility index (Phi) is 3.73. The van der Waals surface area contributed by atoms with Crippen LogP contribution in [0.3, 0.4) is 0 Å². The van der Waals surface area contributed by atoms with Crippen molar-refractivity contribution < 1.29 is 4.79 Å². The molecule has 94 valence electrons. The number of H-pyrrole nitrogens is 1. The number of nitrogens with zero attached hydrogens (tertiary/aromatic N) is 4. The molecular formula is C9H8Cl2N6O. The van der Waals surface area contributed by atoms with Gasteiger partial charge in [0.15, 0.2) is 10.3 Å². The summed E-state index contributed by atoms with van der Waals surface area (Å²) in [5, 5.41) is 8.96. The standard InChI is InChI=1S/C9H8Cl2N6O/c1-2-4-14-8(17-16-4)9(18)15-5-6(10)12-3-13-7(5)11/h3H,2H2,1H3,(H,15,18)(H,14,16,17). The van der Waals surface area contributed by atoms with Crippen molar-refractivity contribution in [2.75, 3.05) is 5.32 Å². The monoisotopic (exact) mass is 286 g/mol. The lowest BCUT2D eigenvalue weighted by atomic mass is 10.4. The van der Waals surface area contributed by atoms with Crippen LogP contribution in [0.25, 0.3) is 0 Å². The van der Waals surface area contributed by atoms with Crippen molar-refractivity contribution >= 4 is 34.8 Å². The predicted molar refractivity (Wildman–Crippen MR) is 65.8 cm³/mol. The Morgan fingerprint density at radius 3 is 2.61 bits per heavy atom. The Labute approximate surface area is 112 Å². The molecule has 0 saturated carbocycles. The summed E-state index contributed by atoms with van der Waals surface area (Å²) < 4.78 is 0. The molecule has 9 heteroatoms. The Balaban J connectivity index is 2.21. The van der Waals surface area contributed by atoms with Gasteiger partial charge in [-0.15, -0.1) is 5.10 Å². The highest BCUT2D eigenvalue weighted by Gasteiger charge is 2.16. The van der Waals surface area contributed by atoms with Crippen molar-refractivity contribution in [1.29, 1.82) is 0 Å². The second-order valence-corrected chi connectivity index (χ2v) is 3.96. The third kappa shape index (κ3) is 2.57. The smallest absolute Gasteiger partial charge is 0.295 e. The number of aryl methyl sites for hydroxylation is 1. The van der Waals surface area contributed by atoms with Gasteiger partial charge in [-0.2, -0.15) is 0 Å². The van der Waals surface area contributed by atoms with E-state index in [-0.39, 0.29) is 21.8 Å². The van der Waals surface area contributed by atoms with E-state index in [1.165, 1.54) is 6.33 Å². The molecule has 0 spiro atoms. The van der Waals surface area contributed by atoms with Gasteiger partial charge in [0.25, 0.3) is 5.91 Å². The SMILES string of the molecule is CCc1nc(C(=O)Nc2c(Cl)ncnc2Cl)n[nH]1. The van der Waals surface area contributed by atoms with Crippen LogP contribution >= 0.6 is 23.2 Å². The highest BCUT2D eigenvalue weighted by atomic mass is 35.5. The summed E-state index contributed by atoms with van der Waals surface area (Å²) >= 11 is 11.6. The predicted octanol–water partition coefficient (Wildman–Crippen LogP) is 1.72. The molecule has 2 N–H and O–H groups in total. The van der Waals surface area contributed by atoms with E-state index in [1.807, 2.05) is 6.92 Å². The largest absolute Gasteiger partial charge is 0.314 e. The molecule has 2 aromatic heterocycles. The van der Waals surface area contributed by atoms with Crippen molar-refractivity contribution in [3.05, 3.63) is 28.3 Å². The average Bonchev–Trinajstić information content (AvgIpc) is 2.82. The summed E-state index contributed by atoms with van der Waals surface area (Å²) in [4.78, 5) is 23.2. The van der Waals surface area contributed by atoms with Crippen molar-refractivity contribution in [3.63, 3.8) is 0 Å². The normalized spacial score (nSPS) is 10.4. The summed E-state index contributed by atoms with van der Waals surface area (Å²) in [6.07, 6.45) is 1.85. The first-order valence-corrected chi connectivity index (χ1v) is 5.76. The molecule has 0 aliphatic rings. The topological polar surface area (TPSA) is 96.5 Å². The highest BCUT2D eigenvalue weighted by Crippen LogP contribution is 2.25. The molecule has 0 bridgehead atoms. The lowest BCUT2D eigenvalue weighted by molar-refractivity contribution is 0.101. The number of amides is 1. The molecule has 18 heavy (non-hydrogen) atoms. The van der Waals surface area contributed by atoms with E-state index in [9.17, 15) is 4.79 Å². The number of nitrogens with one attached hydrogen (secondary N) is 2. The van der Waals surface area contributed by atoms with Crippen LogP contribution in [0.4, 0.5) is 5.69 Å². The molecule has 2 rings (SSSR count). The minimum absolute atomic E-state index is 0.00263. The molecule has 1 amide bonds. The molecule has 7 nitrogen and oxygen atoms in total. The van der Waals surface area contributed by atoms with Gasteiger partial charge in [0.2, 0.25) is 5.82 Å². The molecule has 0 unspecified atom stereocenters. The second kappa shape index (κ2) is 5.28. The lowest BCUT2D eigenvalue weighted by Gasteiger charge is -2.04. The summed E-state index contributed by atoms with van der Waals surface area (Å²) in [5.74, 6) is 0.0778. The van der Waals surface area contributed by atoms with Crippen molar-refractivity contribution in [3.8, 4) is 0 Å².